The topological polar surface area (TPSA) is 64.9 Å². The molecule has 0 unspecified atom stereocenters. The van der Waals surface area contributed by atoms with Gasteiger partial charge in [-0.3, -0.25) is 0 Å². The highest BCUT2D eigenvalue weighted by atomic mass is 19.1. The maximum atomic E-state index is 13.7. The summed E-state index contributed by atoms with van der Waals surface area (Å²) in [7, 11) is 0. The molecule has 0 saturated heterocycles. The molecule has 3 aromatic rings. The number of aromatic nitrogens is 2. The fourth-order valence-corrected chi connectivity index (χ4v) is 2.04. The standard InChI is InChI=1S/C14H12FN3O/c15-12-6-5-11(9-3-1-2-4-10(9)12)14-17-13(7-8-16)18-19-14/h1-6H,7-8,16H2. The second kappa shape index (κ2) is 4.78. The lowest BCUT2D eigenvalue weighted by Gasteiger charge is -2.03. The molecule has 0 fully saturated rings. The molecule has 4 nitrogen and oxygen atoms in total. The molecule has 0 atom stereocenters. The summed E-state index contributed by atoms with van der Waals surface area (Å²) in [5, 5.41) is 5.15. The van der Waals surface area contributed by atoms with E-state index in [0.717, 1.165) is 10.9 Å². The zero-order valence-electron chi connectivity index (χ0n) is 10.1. The van der Waals surface area contributed by atoms with E-state index >= 15 is 0 Å². The Morgan fingerprint density at radius 3 is 2.68 bits per heavy atom. The Morgan fingerprint density at radius 1 is 1.11 bits per heavy atom. The summed E-state index contributed by atoms with van der Waals surface area (Å²) in [5.74, 6) is 0.687. The third kappa shape index (κ3) is 2.08. The number of hydrogen-bond acceptors (Lipinski definition) is 4. The van der Waals surface area contributed by atoms with Crippen LogP contribution in [0.1, 0.15) is 5.82 Å². The molecule has 2 N–H and O–H groups in total. The molecular formula is C14H12FN3O. The van der Waals surface area contributed by atoms with Gasteiger partial charge in [0.25, 0.3) is 5.89 Å². The molecule has 3 rings (SSSR count). The lowest BCUT2D eigenvalue weighted by atomic mass is 10.0. The molecule has 96 valence electrons. The number of hydrogen-bond donors (Lipinski definition) is 1. The Bertz CT molecular complexity index is 724. The Kier molecular flexibility index (Phi) is 2.97. The zero-order valence-corrected chi connectivity index (χ0v) is 10.1. The van der Waals surface area contributed by atoms with Crippen LogP contribution in [0, 0.1) is 5.82 Å². The average molecular weight is 257 g/mol. The number of fused-ring (bicyclic) bond motifs is 1. The van der Waals surface area contributed by atoms with Gasteiger partial charge in [-0.25, -0.2) is 4.39 Å². The first-order valence-electron chi connectivity index (χ1n) is 6.00. The van der Waals surface area contributed by atoms with E-state index in [2.05, 4.69) is 10.1 Å². The number of rotatable bonds is 3. The van der Waals surface area contributed by atoms with Crippen molar-refractivity contribution in [2.45, 2.75) is 6.42 Å². The summed E-state index contributed by atoms with van der Waals surface area (Å²) in [6.07, 6.45) is 0.558. The van der Waals surface area contributed by atoms with Gasteiger partial charge in [-0.1, -0.05) is 29.4 Å². The molecule has 0 saturated carbocycles. The summed E-state index contributed by atoms with van der Waals surface area (Å²) >= 11 is 0. The molecule has 0 radical (unpaired) electrons. The van der Waals surface area contributed by atoms with Crippen LogP contribution in [0.25, 0.3) is 22.2 Å². The molecule has 1 heterocycles. The first-order valence-corrected chi connectivity index (χ1v) is 6.00. The first-order chi connectivity index (χ1) is 9.29. The minimum Gasteiger partial charge on any atom is -0.334 e. The van der Waals surface area contributed by atoms with Gasteiger partial charge >= 0.3 is 0 Å². The molecule has 0 aliphatic rings. The third-order valence-corrected chi connectivity index (χ3v) is 2.94. The second-order valence-corrected chi connectivity index (χ2v) is 4.19. The van der Waals surface area contributed by atoms with Crippen molar-refractivity contribution in [3.05, 3.63) is 48.0 Å². The molecule has 0 bridgehead atoms. The van der Waals surface area contributed by atoms with E-state index < -0.39 is 0 Å². The lowest BCUT2D eigenvalue weighted by molar-refractivity contribution is 0.423. The van der Waals surface area contributed by atoms with Crippen LogP contribution in [0.4, 0.5) is 4.39 Å². The molecular weight excluding hydrogens is 245 g/mol. The third-order valence-electron chi connectivity index (χ3n) is 2.94. The van der Waals surface area contributed by atoms with E-state index in [-0.39, 0.29) is 5.82 Å². The summed E-state index contributed by atoms with van der Waals surface area (Å²) in [4.78, 5) is 4.27. The fraction of sp³-hybridized carbons (Fsp3) is 0.143. The lowest BCUT2D eigenvalue weighted by Crippen LogP contribution is -2.03. The second-order valence-electron chi connectivity index (χ2n) is 4.19. The van der Waals surface area contributed by atoms with Gasteiger partial charge in [-0.15, -0.1) is 0 Å². The predicted molar refractivity (Wildman–Crippen MR) is 70.0 cm³/mol. The fourth-order valence-electron chi connectivity index (χ4n) is 2.04. The largest absolute Gasteiger partial charge is 0.334 e. The average Bonchev–Trinajstić information content (AvgIpc) is 2.88. The highest BCUT2D eigenvalue weighted by Crippen LogP contribution is 2.29. The van der Waals surface area contributed by atoms with Crippen molar-refractivity contribution in [2.24, 2.45) is 5.73 Å². The molecule has 0 aliphatic carbocycles. The van der Waals surface area contributed by atoms with E-state index in [1.54, 1.807) is 18.2 Å². The molecule has 0 amide bonds. The molecule has 1 aromatic heterocycles. The molecule has 2 aromatic carbocycles. The van der Waals surface area contributed by atoms with Gasteiger partial charge in [0.05, 0.1) is 0 Å². The first kappa shape index (κ1) is 11.8. The van der Waals surface area contributed by atoms with Crippen molar-refractivity contribution in [3.8, 4) is 11.5 Å². The van der Waals surface area contributed by atoms with E-state index in [1.165, 1.54) is 6.07 Å². The SMILES string of the molecule is NCCc1noc(-c2ccc(F)c3ccccc23)n1. The van der Waals surface area contributed by atoms with Gasteiger partial charge in [-0.05, 0) is 24.1 Å². The minimum absolute atomic E-state index is 0.263. The molecule has 5 heteroatoms. The van der Waals surface area contributed by atoms with Crippen molar-refractivity contribution in [1.29, 1.82) is 0 Å². The van der Waals surface area contributed by atoms with Crippen LogP contribution in [0.2, 0.25) is 0 Å². The Balaban J connectivity index is 2.16. The normalized spacial score (nSPS) is 11.1. The number of benzene rings is 2. The van der Waals surface area contributed by atoms with Crippen molar-refractivity contribution < 1.29 is 8.91 Å². The van der Waals surface area contributed by atoms with Crippen LogP contribution in [0.15, 0.2) is 40.9 Å². The van der Waals surface area contributed by atoms with E-state index in [0.29, 0.717) is 30.1 Å². The quantitative estimate of drug-likeness (QED) is 0.783. The van der Waals surface area contributed by atoms with Crippen LogP contribution in [0.3, 0.4) is 0 Å². The van der Waals surface area contributed by atoms with Crippen LogP contribution in [-0.4, -0.2) is 16.7 Å². The van der Waals surface area contributed by atoms with E-state index in [1.807, 2.05) is 12.1 Å². The summed E-state index contributed by atoms with van der Waals surface area (Å²) in [5.41, 5.74) is 6.18. The Hall–Kier alpha value is -2.27. The van der Waals surface area contributed by atoms with Gasteiger partial charge in [0, 0.05) is 17.4 Å². The van der Waals surface area contributed by atoms with Gasteiger partial charge in [-0.2, -0.15) is 4.98 Å². The van der Waals surface area contributed by atoms with Gasteiger partial charge in [0.2, 0.25) is 0 Å². The van der Waals surface area contributed by atoms with Crippen LogP contribution in [0.5, 0.6) is 0 Å². The van der Waals surface area contributed by atoms with E-state index in [4.69, 9.17) is 10.3 Å². The molecule has 0 spiro atoms. The van der Waals surface area contributed by atoms with Crippen LogP contribution in [-0.2, 0) is 6.42 Å². The number of nitrogens with zero attached hydrogens (tertiary/aromatic N) is 2. The van der Waals surface area contributed by atoms with Gasteiger partial charge in [0.15, 0.2) is 5.82 Å². The van der Waals surface area contributed by atoms with Crippen LogP contribution < -0.4 is 5.73 Å². The van der Waals surface area contributed by atoms with Crippen LogP contribution >= 0.6 is 0 Å². The number of nitrogens with two attached hydrogens (primary N) is 1. The van der Waals surface area contributed by atoms with Crippen molar-refractivity contribution in [2.75, 3.05) is 6.54 Å². The highest BCUT2D eigenvalue weighted by Gasteiger charge is 2.13. The minimum atomic E-state index is -0.263. The van der Waals surface area contributed by atoms with Crippen molar-refractivity contribution in [1.82, 2.24) is 10.1 Å². The molecule has 19 heavy (non-hydrogen) atoms. The van der Waals surface area contributed by atoms with Gasteiger partial charge in [0.1, 0.15) is 5.82 Å². The zero-order chi connectivity index (χ0) is 13.2. The Morgan fingerprint density at radius 2 is 1.89 bits per heavy atom. The Labute approximate surface area is 109 Å². The smallest absolute Gasteiger partial charge is 0.258 e. The maximum absolute atomic E-state index is 13.7. The summed E-state index contributed by atoms with van der Waals surface area (Å²) < 4.78 is 18.9. The summed E-state index contributed by atoms with van der Waals surface area (Å²) in [6.45, 7) is 0.461. The van der Waals surface area contributed by atoms with Crippen molar-refractivity contribution >= 4 is 10.8 Å². The monoisotopic (exact) mass is 257 g/mol. The van der Waals surface area contributed by atoms with Gasteiger partial charge < -0.3 is 10.3 Å². The van der Waals surface area contributed by atoms with Crippen molar-refractivity contribution in [3.63, 3.8) is 0 Å². The predicted octanol–water partition coefficient (Wildman–Crippen LogP) is 2.53. The highest BCUT2D eigenvalue weighted by molar-refractivity contribution is 5.95. The maximum Gasteiger partial charge on any atom is 0.258 e. The number of halogens is 1. The van der Waals surface area contributed by atoms with E-state index in [9.17, 15) is 4.39 Å². The summed E-state index contributed by atoms with van der Waals surface area (Å²) in [6, 6.07) is 10.3. The molecule has 0 aliphatic heterocycles.